The Bertz CT molecular complexity index is 2680. The Morgan fingerprint density at radius 1 is 0.906 bits per heavy atom. The van der Waals surface area contributed by atoms with E-state index in [1.54, 1.807) is 60.3 Å². The molecule has 0 spiro atoms. The first-order chi connectivity index (χ1) is 30.9. The molecule has 1 atom stereocenters. The van der Waals surface area contributed by atoms with E-state index in [4.69, 9.17) is 4.74 Å². The summed E-state index contributed by atoms with van der Waals surface area (Å²) in [5, 5.41) is 9.99. The number of imide groups is 1. The summed E-state index contributed by atoms with van der Waals surface area (Å²) in [5.41, 5.74) is 4.65. The highest BCUT2D eigenvalue weighted by molar-refractivity contribution is 6.05. The molecule has 13 nitrogen and oxygen atoms in total. The average molecular weight is 877 g/mol. The van der Waals surface area contributed by atoms with Crippen LogP contribution in [0.5, 0.6) is 5.75 Å². The van der Waals surface area contributed by atoms with E-state index in [1.807, 2.05) is 17.0 Å². The van der Waals surface area contributed by atoms with E-state index in [1.165, 1.54) is 24.1 Å². The number of anilines is 2. The second-order valence-electron chi connectivity index (χ2n) is 17.5. The number of carbonyl (C=O) groups is 4. The summed E-state index contributed by atoms with van der Waals surface area (Å²) in [5.74, 6) is -2.29. The number of rotatable bonds is 12. The van der Waals surface area contributed by atoms with Gasteiger partial charge in [0.15, 0.2) is 5.82 Å². The third-order valence-corrected chi connectivity index (χ3v) is 13.0. The number of nitrogens with one attached hydrogen (secondary N) is 3. The molecule has 9 rings (SSSR count). The van der Waals surface area contributed by atoms with E-state index in [0.29, 0.717) is 90.2 Å². The molecule has 2 saturated heterocycles. The van der Waals surface area contributed by atoms with Gasteiger partial charge < -0.3 is 29.7 Å². The number of halogens is 3. The fourth-order valence-electron chi connectivity index (χ4n) is 9.43. The highest BCUT2D eigenvalue weighted by Crippen LogP contribution is 2.49. The van der Waals surface area contributed by atoms with Gasteiger partial charge in [-0.15, -0.1) is 0 Å². The number of carbonyl (C=O) groups excluding carboxylic acids is 4. The van der Waals surface area contributed by atoms with Crippen LogP contribution in [0.4, 0.5) is 24.5 Å². The highest BCUT2D eigenvalue weighted by atomic mass is 19.1. The summed E-state index contributed by atoms with van der Waals surface area (Å²) < 4.78 is 56.7. The van der Waals surface area contributed by atoms with Crippen molar-refractivity contribution in [3.05, 3.63) is 101 Å². The van der Waals surface area contributed by atoms with Crippen LogP contribution in [-0.2, 0) is 20.9 Å². The fraction of sp³-hybridized carbons (Fsp3) is 0.396. The van der Waals surface area contributed by atoms with Gasteiger partial charge in [0.2, 0.25) is 17.7 Å². The smallest absolute Gasteiger partial charge is 0.269 e. The molecule has 3 aliphatic heterocycles. The van der Waals surface area contributed by atoms with Gasteiger partial charge in [-0.25, -0.2) is 13.2 Å². The molecule has 3 fully saturated rings. The van der Waals surface area contributed by atoms with Crippen molar-refractivity contribution in [2.75, 3.05) is 57.6 Å². The minimum atomic E-state index is -0.702. The molecular formula is C48H51F3N8O5. The lowest BCUT2D eigenvalue weighted by Crippen LogP contribution is -2.47. The molecule has 1 unspecified atom stereocenters. The van der Waals surface area contributed by atoms with Crippen LogP contribution in [0.25, 0.3) is 27.6 Å². The van der Waals surface area contributed by atoms with Gasteiger partial charge in [0.1, 0.15) is 29.1 Å². The lowest BCUT2D eigenvalue weighted by atomic mass is 9.87. The van der Waals surface area contributed by atoms with Crippen LogP contribution >= 0.6 is 0 Å². The van der Waals surface area contributed by atoms with Crippen LogP contribution in [0.1, 0.15) is 90.4 Å². The van der Waals surface area contributed by atoms with Crippen molar-refractivity contribution < 1.29 is 37.1 Å². The van der Waals surface area contributed by atoms with E-state index in [9.17, 15) is 19.2 Å². The summed E-state index contributed by atoms with van der Waals surface area (Å²) in [7, 11) is 4.72. The number of aryl methyl sites for hydroxylation is 1. The third-order valence-electron chi connectivity index (χ3n) is 13.0. The van der Waals surface area contributed by atoms with Crippen LogP contribution in [0.2, 0.25) is 0 Å². The fourth-order valence-corrected chi connectivity index (χ4v) is 9.43. The maximum Gasteiger partial charge on any atom is 0.269 e. The summed E-state index contributed by atoms with van der Waals surface area (Å²) in [4.78, 5) is 58.8. The van der Waals surface area contributed by atoms with Gasteiger partial charge in [-0.3, -0.25) is 29.2 Å². The van der Waals surface area contributed by atoms with Crippen LogP contribution in [-0.4, -0.2) is 102 Å². The Labute approximate surface area is 368 Å². The molecule has 4 amide bonds. The highest BCUT2D eigenvalue weighted by Gasteiger charge is 2.34. The van der Waals surface area contributed by atoms with Crippen molar-refractivity contribution in [2.45, 2.75) is 75.8 Å². The number of hydrogen-bond donors (Lipinski definition) is 3. The number of nitrogens with zero attached hydrogens (tertiary/aromatic N) is 5. The number of ether oxygens (including phenoxy) is 1. The lowest BCUT2D eigenvalue weighted by molar-refractivity contribution is -0.134. The molecule has 1 saturated carbocycles. The standard InChI is InChI=1S/C48H51F3N8O5/c1-56(2)48(63)40-22-35-33(20-32(45(51)46(35)54-40)29-6-4-15-58(26-29)44(61)13-19-59-16-5-14-52-59)34-21-37(50)41(23-30(34)27-7-8-27)57-17-11-28(12-18-57)31-24-42(64-3)39(25-36(31)49)53-38-9-10-43(60)55-47(38)62/h5-6,14,16,20-25,27-28,38,53-54H,4,7-13,15,17-19,26H2,1-3H3,(H,55,60,62). The Hall–Kier alpha value is -6.58. The number of aromatic nitrogens is 3. The molecule has 3 aromatic carbocycles. The summed E-state index contributed by atoms with van der Waals surface area (Å²) >= 11 is 0. The molecule has 3 N–H and O–H groups in total. The van der Waals surface area contributed by atoms with Crippen molar-refractivity contribution in [1.29, 1.82) is 0 Å². The minimum Gasteiger partial charge on any atom is -0.495 e. The number of methoxy groups -OCH3 is 1. The van der Waals surface area contributed by atoms with Crippen LogP contribution < -0.4 is 20.3 Å². The van der Waals surface area contributed by atoms with Gasteiger partial charge in [0.25, 0.3) is 5.91 Å². The predicted octanol–water partition coefficient (Wildman–Crippen LogP) is 7.34. The number of H-pyrrole nitrogens is 1. The topological polar surface area (TPSA) is 145 Å². The summed E-state index contributed by atoms with van der Waals surface area (Å²) in [6.07, 6.45) is 9.56. The minimum absolute atomic E-state index is 0.0682. The summed E-state index contributed by atoms with van der Waals surface area (Å²) in [6.45, 7) is 2.05. The van der Waals surface area contributed by atoms with Crippen molar-refractivity contribution in [3.8, 4) is 16.9 Å². The molecule has 1 aliphatic carbocycles. The molecular weight excluding hydrogens is 826 g/mol. The maximum absolute atomic E-state index is 16.9. The van der Waals surface area contributed by atoms with E-state index in [-0.39, 0.29) is 72.1 Å². The molecule has 16 heteroatoms. The molecule has 2 aromatic heterocycles. The van der Waals surface area contributed by atoms with E-state index < -0.39 is 29.4 Å². The van der Waals surface area contributed by atoms with Gasteiger partial charge in [-0.1, -0.05) is 6.08 Å². The zero-order chi connectivity index (χ0) is 44.8. The molecule has 0 radical (unpaired) electrons. The Kier molecular flexibility index (Phi) is 11.7. The molecule has 64 heavy (non-hydrogen) atoms. The average Bonchev–Trinajstić information content (AvgIpc) is 3.80. The number of benzene rings is 3. The SMILES string of the molecule is COc1cc(C2CCN(c3cc(C4CC4)c(-c4cc(C5=CCCN(C(=O)CCn6cccn6)C5)c(F)c5[nH]c(C(=O)N(C)C)cc45)cc3F)CC2)c(F)cc1NC1CCC(=O)NC1=O. The Balaban J connectivity index is 0.999. The zero-order valence-corrected chi connectivity index (χ0v) is 36.1. The van der Waals surface area contributed by atoms with Crippen molar-refractivity contribution >= 4 is 51.5 Å². The summed E-state index contributed by atoms with van der Waals surface area (Å²) in [6, 6.07) is 10.9. The van der Waals surface area contributed by atoms with E-state index >= 15 is 13.2 Å². The first kappa shape index (κ1) is 42.7. The normalized spacial score (nSPS) is 18.3. The monoisotopic (exact) mass is 876 g/mol. The predicted molar refractivity (Wildman–Crippen MR) is 237 cm³/mol. The molecule has 5 aromatic rings. The number of aromatic amines is 1. The third kappa shape index (κ3) is 8.44. The van der Waals surface area contributed by atoms with Crippen molar-refractivity contribution in [2.24, 2.45) is 0 Å². The van der Waals surface area contributed by atoms with Gasteiger partial charge in [-0.05, 0) is 115 Å². The Morgan fingerprint density at radius 3 is 2.39 bits per heavy atom. The zero-order valence-electron chi connectivity index (χ0n) is 36.1. The number of amides is 4. The van der Waals surface area contributed by atoms with Crippen LogP contribution in [0, 0.1) is 17.5 Å². The molecule has 5 heterocycles. The van der Waals surface area contributed by atoms with Gasteiger partial charge in [0.05, 0.1) is 24.0 Å². The largest absolute Gasteiger partial charge is 0.495 e. The second-order valence-corrected chi connectivity index (χ2v) is 17.5. The van der Waals surface area contributed by atoms with E-state index in [0.717, 1.165) is 18.4 Å². The Morgan fingerprint density at radius 2 is 1.69 bits per heavy atom. The first-order valence-electron chi connectivity index (χ1n) is 21.9. The van der Waals surface area contributed by atoms with Crippen molar-refractivity contribution in [1.82, 2.24) is 29.9 Å². The van der Waals surface area contributed by atoms with Crippen molar-refractivity contribution in [3.63, 3.8) is 0 Å². The molecule has 4 aliphatic rings. The number of piperidine rings is 2. The number of hydrogen-bond acceptors (Lipinski definition) is 8. The van der Waals surface area contributed by atoms with Crippen LogP contribution in [0.15, 0.2) is 60.9 Å². The molecule has 334 valence electrons. The molecule has 0 bridgehead atoms. The van der Waals surface area contributed by atoms with Gasteiger partial charge in [-0.2, -0.15) is 5.10 Å². The van der Waals surface area contributed by atoms with Gasteiger partial charge >= 0.3 is 0 Å². The number of fused-ring (bicyclic) bond motifs is 1. The first-order valence-corrected chi connectivity index (χ1v) is 21.9. The maximum atomic E-state index is 16.9. The second kappa shape index (κ2) is 17.5. The van der Waals surface area contributed by atoms with E-state index in [2.05, 4.69) is 20.7 Å². The van der Waals surface area contributed by atoms with Crippen LogP contribution in [0.3, 0.4) is 0 Å². The quantitative estimate of drug-likeness (QED) is 0.111. The van der Waals surface area contributed by atoms with Gasteiger partial charge in [0, 0.05) is 89.1 Å². The lowest BCUT2D eigenvalue weighted by Gasteiger charge is -2.35.